The van der Waals surface area contributed by atoms with Gasteiger partial charge in [0.25, 0.3) is 0 Å². The molecule has 1 nitrogen and oxygen atoms in total. The normalized spacial score (nSPS) is 40.1. The molecule has 1 atom stereocenters. The molecule has 48 valence electrons. The van der Waals surface area contributed by atoms with Gasteiger partial charge in [-0.1, -0.05) is 6.08 Å². The van der Waals surface area contributed by atoms with Gasteiger partial charge in [-0.2, -0.15) is 0 Å². The van der Waals surface area contributed by atoms with Crippen molar-refractivity contribution in [2.24, 2.45) is 10.9 Å². The second kappa shape index (κ2) is 1.47. The topological polar surface area (TPSA) is 12.4 Å². The maximum Gasteiger partial charge on any atom is 0.0791 e. The standard InChI is InChI=1S/C8H11N/c1-8(7-3-4-7)5-2-6-9-8/h2,5-7H,3-4H2,1H3. The first-order valence-electron chi connectivity index (χ1n) is 3.54. The average molecular weight is 121 g/mol. The van der Waals surface area contributed by atoms with Crippen molar-refractivity contribution in [2.75, 3.05) is 0 Å². The van der Waals surface area contributed by atoms with Gasteiger partial charge in [-0.15, -0.1) is 0 Å². The van der Waals surface area contributed by atoms with Crippen molar-refractivity contribution in [1.29, 1.82) is 0 Å². The first kappa shape index (κ1) is 5.21. The molecular weight excluding hydrogens is 110 g/mol. The monoisotopic (exact) mass is 121 g/mol. The smallest absolute Gasteiger partial charge is 0.0791 e. The highest BCUT2D eigenvalue weighted by atomic mass is 14.9. The quantitative estimate of drug-likeness (QED) is 0.501. The van der Waals surface area contributed by atoms with Crippen LogP contribution in [0.3, 0.4) is 0 Å². The van der Waals surface area contributed by atoms with Crippen molar-refractivity contribution >= 4 is 6.21 Å². The number of nitrogens with zero attached hydrogens (tertiary/aromatic N) is 1. The minimum absolute atomic E-state index is 0.194. The third-order valence-electron chi connectivity index (χ3n) is 2.28. The Morgan fingerprint density at radius 3 is 2.78 bits per heavy atom. The Morgan fingerprint density at radius 1 is 1.56 bits per heavy atom. The van der Waals surface area contributed by atoms with Crippen LogP contribution in [0.1, 0.15) is 19.8 Å². The van der Waals surface area contributed by atoms with Gasteiger partial charge in [0.15, 0.2) is 0 Å². The van der Waals surface area contributed by atoms with Crippen LogP contribution < -0.4 is 0 Å². The minimum atomic E-state index is 0.194. The molecule has 1 heterocycles. The van der Waals surface area contributed by atoms with Gasteiger partial charge >= 0.3 is 0 Å². The lowest BCUT2D eigenvalue weighted by atomic mass is 9.98. The molecule has 1 aliphatic heterocycles. The lowest BCUT2D eigenvalue weighted by Gasteiger charge is -2.16. The fourth-order valence-corrected chi connectivity index (χ4v) is 1.39. The molecule has 0 aromatic heterocycles. The van der Waals surface area contributed by atoms with Crippen molar-refractivity contribution in [2.45, 2.75) is 25.3 Å². The summed E-state index contributed by atoms with van der Waals surface area (Å²) in [6.07, 6.45) is 8.93. The van der Waals surface area contributed by atoms with Gasteiger partial charge in [-0.25, -0.2) is 0 Å². The molecule has 2 rings (SSSR count). The van der Waals surface area contributed by atoms with E-state index in [2.05, 4.69) is 24.1 Å². The zero-order valence-electron chi connectivity index (χ0n) is 5.67. The molecule has 0 radical (unpaired) electrons. The molecule has 0 bridgehead atoms. The van der Waals surface area contributed by atoms with Crippen LogP contribution in [-0.2, 0) is 0 Å². The summed E-state index contributed by atoms with van der Waals surface area (Å²) in [5, 5.41) is 0. The van der Waals surface area contributed by atoms with Gasteiger partial charge in [0, 0.05) is 6.21 Å². The average Bonchev–Trinajstić information content (AvgIpc) is 2.60. The Morgan fingerprint density at radius 2 is 2.33 bits per heavy atom. The van der Waals surface area contributed by atoms with Crippen LogP contribution in [0.4, 0.5) is 0 Å². The number of hydrogen-bond acceptors (Lipinski definition) is 1. The summed E-state index contributed by atoms with van der Waals surface area (Å²) in [5.41, 5.74) is 0.194. The minimum Gasteiger partial charge on any atom is -0.282 e. The van der Waals surface area contributed by atoms with Crippen molar-refractivity contribution in [3.8, 4) is 0 Å². The first-order valence-corrected chi connectivity index (χ1v) is 3.54. The van der Waals surface area contributed by atoms with Crippen LogP contribution >= 0.6 is 0 Å². The van der Waals surface area contributed by atoms with Gasteiger partial charge in [-0.05, 0) is 31.8 Å². The largest absolute Gasteiger partial charge is 0.282 e. The van der Waals surface area contributed by atoms with E-state index in [0.29, 0.717) is 0 Å². The van der Waals surface area contributed by atoms with E-state index < -0.39 is 0 Å². The van der Waals surface area contributed by atoms with E-state index >= 15 is 0 Å². The van der Waals surface area contributed by atoms with Crippen LogP contribution in [0.2, 0.25) is 0 Å². The third kappa shape index (κ3) is 0.716. The molecule has 1 unspecified atom stereocenters. The molecule has 0 aromatic carbocycles. The number of aliphatic imine (C=N–C) groups is 1. The Balaban J connectivity index is 2.22. The maximum atomic E-state index is 4.39. The van der Waals surface area contributed by atoms with E-state index in [1.807, 2.05) is 6.21 Å². The summed E-state index contributed by atoms with van der Waals surface area (Å²) in [6.45, 7) is 2.21. The molecule has 9 heavy (non-hydrogen) atoms. The lowest BCUT2D eigenvalue weighted by Crippen LogP contribution is -2.18. The summed E-state index contributed by atoms with van der Waals surface area (Å²) in [4.78, 5) is 4.39. The SMILES string of the molecule is CC1(C2CC2)C=CC=N1. The van der Waals surface area contributed by atoms with Crippen molar-refractivity contribution in [3.63, 3.8) is 0 Å². The molecular formula is C8H11N. The van der Waals surface area contributed by atoms with Gasteiger partial charge in [0.05, 0.1) is 5.54 Å². The molecule has 0 spiro atoms. The Kier molecular flexibility index (Phi) is 0.850. The highest BCUT2D eigenvalue weighted by Crippen LogP contribution is 2.43. The van der Waals surface area contributed by atoms with Crippen LogP contribution in [0.25, 0.3) is 0 Å². The summed E-state index contributed by atoms with van der Waals surface area (Å²) in [6, 6.07) is 0. The molecule has 2 aliphatic rings. The molecule has 0 amide bonds. The molecule has 1 heteroatoms. The molecule has 0 N–H and O–H groups in total. The number of allylic oxidation sites excluding steroid dienone is 1. The Labute approximate surface area is 55.5 Å². The fraction of sp³-hybridized carbons (Fsp3) is 0.625. The Hall–Kier alpha value is -0.590. The van der Waals surface area contributed by atoms with Crippen LogP contribution in [0.5, 0.6) is 0 Å². The molecule has 1 saturated carbocycles. The van der Waals surface area contributed by atoms with Crippen LogP contribution in [0.15, 0.2) is 17.1 Å². The van der Waals surface area contributed by atoms with E-state index in [-0.39, 0.29) is 5.54 Å². The first-order chi connectivity index (χ1) is 4.31. The van der Waals surface area contributed by atoms with Gasteiger partial charge < -0.3 is 0 Å². The molecule has 0 saturated heterocycles. The predicted octanol–water partition coefficient (Wildman–Crippen LogP) is 1.80. The number of hydrogen-bond donors (Lipinski definition) is 0. The summed E-state index contributed by atoms with van der Waals surface area (Å²) >= 11 is 0. The lowest BCUT2D eigenvalue weighted by molar-refractivity contribution is 0.522. The Bertz CT molecular complexity index is 163. The predicted molar refractivity (Wildman–Crippen MR) is 38.8 cm³/mol. The van der Waals surface area contributed by atoms with E-state index in [0.717, 1.165) is 5.92 Å². The van der Waals surface area contributed by atoms with Crippen molar-refractivity contribution in [3.05, 3.63) is 12.2 Å². The highest BCUT2D eigenvalue weighted by Gasteiger charge is 2.39. The molecule has 1 aliphatic carbocycles. The van der Waals surface area contributed by atoms with Gasteiger partial charge in [0.2, 0.25) is 0 Å². The maximum absolute atomic E-state index is 4.39. The second-order valence-electron chi connectivity index (χ2n) is 3.14. The van der Waals surface area contributed by atoms with Gasteiger partial charge in [-0.3, -0.25) is 4.99 Å². The summed E-state index contributed by atoms with van der Waals surface area (Å²) < 4.78 is 0. The van der Waals surface area contributed by atoms with E-state index in [1.54, 1.807) is 0 Å². The zero-order chi connectivity index (χ0) is 6.32. The third-order valence-corrected chi connectivity index (χ3v) is 2.28. The fourth-order valence-electron chi connectivity index (χ4n) is 1.39. The van der Waals surface area contributed by atoms with Crippen LogP contribution in [-0.4, -0.2) is 11.8 Å². The van der Waals surface area contributed by atoms with Crippen molar-refractivity contribution < 1.29 is 0 Å². The van der Waals surface area contributed by atoms with E-state index in [4.69, 9.17) is 0 Å². The highest BCUT2D eigenvalue weighted by molar-refractivity contribution is 5.75. The zero-order valence-corrected chi connectivity index (χ0v) is 5.67. The van der Waals surface area contributed by atoms with E-state index in [1.165, 1.54) is 12.8 Å². The van der Waals surface area contributed by atoms with Crippen molar-refractivity contribution in [1.82, 2.24) is 0 Å². The van der Waals surface area contributed by atoms with E-state index in [9.17, 15) is 0 Å². The molecule has 1 fully saturated rings. The van der Waals surface area contributed by atoms with Gasteiger partial charge in [0.1, 0.15) is 0 Å². The second-order valence-corrected chi connectivity index (χ2v) is 3.14. The number of rotatable bonds is 1. The summed E-state index contributed by atoms with van der Waals surface area (Å²) in [5.74, 6) is 0.854. The summed E-state index contributed by atoms with van der Waals surface area (Å²) in [7, 11) is 0. The molecule has 0 aromatic rings. The van der Waals surface area contributed by atoms with Crippen LogP contribution in [0, 0.1) is 5.92 Å².